The van der Waals surface area contributed by atoms with Gasteiger partial charge in [0, 0.05) is 36.1 Å². The Labute approximate surface area is 307 Å². The number of allylic oxidation sites excluding steroid dienone is 1. The number of aromatic nitrogens is 3. The molecule has 276 valence electrons. The number of morpholine rings is 1. The second kappa shape index (κ2) is 14.2. The highest BCUT2D eigenvalue weighted by atomic mass is 16.6. The molecule has 4 aromatic rings. The lowest BCUT2D eigenvalue weighted by atomic mass is 9.81. The highest BCUT2D eigenvalue weighted by molar-refractivity contribution is 6.04. The smallest absolute Gasteiger partial charge is 0.338 e. The predicted molar refractivity (Wildman–Crippen MR) is 206 cm³/mol. The largest absolute Gasteiger partial charge is 0.497 e. The van der Waals surface area contributed by atoms with Crippen LogP contribution in [-0.4, -0.2) is 69.1 Å². The van der Waals surface area contributed by atoms with E-state index in [0.29, 0.717) is 49.1 Å². The maximum absolute atomic E-state index is 14.5. The number of carbonyl (C=O) groups excluding carboxylic acids is 2. The number of ether oxygens (including phenoxy) is 3. The van der Waals surface area contributed by atoms with Gasteiger partial charge in [-0.2, -0.15) is 5.10 Å². The summed E-state index contributed by atoms with van der Waals surface area (Å²) < 4.78 is 22.0. The number of esters is 1. The summed E-state index contributed by atoms with van der Waals surface area (Å²) in [5.41, 5.74) is 7.98. The second-order valence-corrected chi connectivity index (χ2v) is 16.5. The number of nitrogens with zero attached hydrogens (tertiary/aromatic N) is 4. The fraction of sp³-hybridized carbons (Fsp3) is 0.512. The van der Waals surface area contributed by atoms with Crippen molar-refractivity contribution in [3.05, 3.63) is 70.5 Å². The standard InChI is InChI=1S/C43H54N4O5/c1-26(2)22-47-39(36(21-44-47)41(48)45-23-27(3)51-28(4)24-45)32-18-31-19-33(50-8)15-17-34(31)40-38(29-12-10-9-11-13-29)35-16-14-30(20-37(35)46(40)25-32)42(49)52-43(5,6)7/h14-21,26-29H,9-13,22-25H2,1-8H3/t27-,28+. The van der Waals surface area contributed by atoms with Crippen LogP contribution in [0.4, 0.5) is 0 Å². The molecule has 9 heteroatoms. The lowest BCUT2D eigenvalue weighted by Crippen LogP contribution is -2.48. The number of carbonyl (C=O) groups is 2. The molecule has 1 amide bonds. The van der Waals surface area contributed by atoms with Crippen LogP contribution in [-0.2, 0) is 22.6 Å². The minimum atomic E-state index is -0.614. The molecule has 4 heterocycles. The van der Waals surface area contributed by atoms with Crippen molar-refractivity contribution in [2.75, 3.05) is 20.2 Å². The van der Waals surface area contributed by atoms with E-state index in [9.17, 15) is 9.59 Å². The van der Waals surface area contributed by atoms with Crippen molar-refractivity contribution in [3.63, 3.8) is 0 Å². The average molecular weight is 707 g/mol. The summed E-state index contributed by atoms with van der Waals surface area (Å²) in [6.07, 6.45) is 9.79. The Hall–Kier alpha value is -4.37. The van der Waals surface area contributed by atoms with Crippen LogP contribution in [0.3, 0.4) is 0 Å². The van der Waals surface area contributed by atoms with Gasteiger partial charge in [0.05, 0.1) is 54.6 Å². The van der Waals surface area contributed by atoms with Crippen molar-refractivity contribution < 1.29 is 23.8 Å². The minimum Gasteiger partial charge on any atom is -0.497 e. The van der Waals surface area contributed by atoms with Crippen LogP contribution >= 0.6 is 0 Å². The number of benzene rings is 2. The second-order valence-electron chi connectivity index (χ2n) is 16.5. The molecule has 9 nitrogen and oxygen atoms in total. The summed E-state index contributed by atoms with van der Waals surface area (Å²) in [4.78, 5) is 29.9. The zero-order valence-corrected chi connectivity index (χ0v) is 32.1. The molecule has 2 aromatic carbocycles. The number of rotatable bonds is 7. The third kappa shape index (κ3) is 7.04. The summed E-state index contributed by atoms with van der Waals surface area (Å²) in [7, 11) is 1.70. The Morgan fingerprint density at radius 3 is 2.38 bits per heavy atom. The van der Waals surface area contributed by atoms with Gasteiger partial charge < -0.3 is 23.7 Å². The molecule has 0 bridgehead atoms. The quantitative estimate of drug-likeness (QED) is 0.178. The van der Waals surface area contributed by atoms with Gasteiger partial charge in [-0.1, -0.05) is 39.2 Å². The van der Waals surface area contributed by atoms with Gasteiger partial charge in [0.15, 0.2) is 0 Å². The lowest BCUT2D eigenvalue weighted by Gasteiger charge is -2.35. The number of methoxy groups -OCH3 is 1. The van der Waals surface area contributed by atoms with Crippen molar-refractivity contribution in [1.29, 1.82) is 0 Å². The van der Waals surface area contributed by atoms with Crippen molar-refractivity contribution in [2.45, 2.75) is 117 Å². The predicted octanol–water partition coefficient (Wildman–Crippen LogP) is 8.98. The lowest BCUT2D eigenvalue weighted by molar-refractivity contribution is -0.0586. The van der Waals surface area contributed by atoms with Gasteiger partial charge in [-0.15, -0.1) is 0 Å². The average Bonchev–Trinajstić information content (AvgIpc) is 3.59. The molecule has 0 N–H and O–H groups in total. The maximum atomic E-state index is 14.5. The van der Waals surface area contributed by atoms with Crippen LogP contribution in [0.25, 0.3) is 33.8 Å². The van der Waals surface area contributed by atoms with E-state index in [1.165, 1.54) is 35.9 Å². The molecule has 0 spiro atoms. The molecule has 3 aliphatic rings. The van der Waals surface area contributed by atoms with Crippen molar-refractivity contribution in [1.82, 2.24) is 19.2 Å². The van der Waals surface area contributed by atoms with Gasteiger partial charge in [-0.05, 0) is 112 Å². The van der Waals surface area contributed by atoms with Crippen LogP contribution in [0.1, 0.15) is 124 Å². The first-order chi connectivity index (χ1) is 24.8. The molecule has 1 saturated heterocycles. The van der Waals surface area contributed by atoms with Crippen LogP contribution in [0.2, 0.25) is 0 Å². The molecule has 2 fully saturated rings. The number of fused-ring (bicyclic) bond motifs is 5. The van der Waals surface area contributed by atoms with Crippen LogP contribution in [0.5, 0.6) is 5.75 Å². The Morgan fingerprint density at radius 2 is 1.71 bits per heavy atom. The highest BCUT2D eigenvalue weighted by Crippen LogP contribution is 2.48. The monoisotopic (exact) mass is 706 g/mol. The minimum absolute atomic E-state index is 0.0317. The van der Waals surface area contributed by atoms with E-state index in [0.717, 1.165) is 46.5 Å². The van der Waals surface area contributed by atoms with Crippen molar-refractivity contribution in [3.8, 4) is 17.0 Å². The Bertz CT molecular complexity index is 2010. The van der Waals surface area contributed by atoms with Gasteiger partial charge in [-0.3, -0.25) is 9.48 Å². The summed E-state index contributed by atoms with van der Waals surface area (Å²) in [5, 5.41) is 6.04. The fourth-order valence-electron chi connectivity index (χ4n) is 8.53. The van der Waals surface area contributed by atoms with E-state index in [-0.39, 0.29) is 24.1 Å². The van der Waals surface area contributed by atoms with E-state index in [2.05, 4.69) is 42.7 Å². The molecular formula is C43H54N4O5. The van der Waals surface area contributed by atoms with E-state index in [1.807, 2.05) is 62.4 Å². The third-order valence-electron chi connectivity index (χ3n) is 10.5. The fourth-order valence-corrected chi connectivity index (χ4v) is 8.53. The molecule has 7 rings (SSSR count). The molecule has 0 radical (unpaired) electrons. The maximum Gasteiger partial charge on any atom is 0.338 e. The van der Waals surface area contributed by atoms with E-state index in [4.69, 9.17) is 19.3 Å². The Kier molecular flexibility index (Phi) is 9.85. The van der Waals surface area contributed by atoms with Gasteiger partial charge >= 0.3 is 5.97 Å². The van der Waals surface area contributed by atoms with Gasteiger partial charge in [0.1, 0.15) is 11.4 Å². The molecule has 1 aliphatic carbocycles. The summed E-state index contributed by atoms with van der Waals surface area (Å²) in [5.74, 6) is 1.10. The number of amides is 1. The van der Waals surface area contributed by atoms with E-state index >= 15 is 0 Å². The number of hydrogen-bond acceptors (Lipinski definition) is 6. The molecular weight excluding hydrogens is 652 g/mol. The molecule has 52 heavy (non-hydrogen) atoms. The third-order valence-corrected chi connectivity index (χ3v) is 10.5. The van der Waals surface area contributed by atoms with Crippen LogP contribution in [0.15, 0.2) is 42.6 Å². The van der Waals surface area contributed by atoms with Crippen LogP contribution in [0, 0.1) is 5.92 Å². The van der Waals surface area contributed by atoms with E-state index in [1.54, 1.807) is 13.3 Å². The Balaban J connectivity index is 1.47. The first-order valence-electron chi connectivity index (χ1n) is 19.1. The topological polar surface area (TPSA) is 87.8 Å². The normalized spacial score (nSPS) is 19.6. The summed E-state index contributed by atoms with van der Waals surface area (Å²) in [6.45, 7) is 16.3. The van der Waals surface area contributed by atoms with Gasteiger partial charge in [0.25, 0.3) is 5.91 Å². The first-order valence-corrected chi connectivity index (χ1v) is 19.1. The van der Waals surface area contributed by atoms with E-state index < -0.39 is 5.60 Å². The SMILES string of the molecule is COc1ccc2c(c1)C=C(c1c(C(=O)N3C[C@@H](C)O[C@@H](C)C3)cnn1CC(C)C)Cn1c-2c(C2CCCCC2)c2ccc(C(=O)OC(C)(C)C)cc21. The van der Waals surface area contributed by atoms with Gasteiger partial charge in [-0.25, -0.2) is 4.79 Å². The molecule has 1 saturated carbocycles. The highest BCUT2D eigenvalue weighted by Gasteiger charge is 2.34. The van der Waals surface area contributed by atoms with Crippen molar-refractivity contribution in [2.24, 2.45) is 5.92 Å². The summed E-state index contributed by atoms with van der Waals surface area (Å²) >= 11 is 0. The molecule has 0 unspecified atom stereocenters. The zero-order valence-electron chi connectivity index (χ0n) is 32.1. The van der Waals surface area contributed by atoms with Crippen molar-refractivity contribution >= 4 is 34.4 Å². The molecule has 2 aliphatic heterocycles. The number of hydrogen-bond donors (Lipinski definition) is 0. The molecule has 2 aromatic heterocycles. The Morgan fingerprint density at radius 1 is 0.981 bits per heavy atom. The summed E-state index contributed by atoms with van der Waals surface area (Å²) in [6, 6.07) is 12.4. The first kappa shape index (κ1) is 36.0. The molecule has 2 atom stereocenters. The van der Waals surface area contributed by atoms with Gasteiger partial charge in [0.2, 0.25) is 0 Å². The zero-order chi connectivity index (χ0) is 36.9. The van der Waals surface area contributed by atoms with Crippen LogP contribution < -0.4 is 4.74 Å².